The molecule has 0 aliphatic carbocycles. The molecule has 0 atom stereocenters. The number of thioether (sulfide) groups is 1. The third-order valence-electron chi connectivity index (χ3n) is 5.98. The van der Waals surface area contributed by atoms with Crippen LogP contribution < -0.4 is 14.2 Å². The molecule has 204 valence electrons. The van der Waals surface area contributed by atoms with E-state index >= 15 is 0 Å². The molecule has 8 nitrogen and oxygen atoms in total. The highest BCUT2D eigenvalue weighted by molar-refractivity contribution is 14.1. The fraction of sp³-hybridized carbons (Fsp3) is 0.200. The van der Waals surface area contributed by atoms with E-state index < -0.39 is 5.91 Å². The Labute approximate surface area is 250 Å². The van der Waals surface area contributed by atoms with Gasteiger partial charge in [-0.2, -0.15) is 15.1 Å². The number of fused-ring (bicyclic) bond motifs is 1. The lowest BCUT2D eigenvalue weighted by Gasteiger charge is -2.20. The SMILES string of the molecule is CCOc1cc(/C=C2/C(=N)N3N=C(c4ccc(C)cc4)SC3=NC2=O)cc(I)c1OCCOc1cccc(C)c1. The first-order chi connectivity index (χ1) is 19.3. The van der Waals surface area contributed by atoms with E-state index in [0.29, 0.717) is 47.1 Å². The van der Waals surface area contributed by atoms with Crippen molar-refractivity contribution in [2.45, 2.75) is 20.8 Å². The summed E-state index contributed by atoms with van der Waals surface area (Å²) >= 11 is 3.46. The fourth-order valence-electron chi connectivity index (χ4n) is 4.05. The Kier molecular flexibility index (Phi) is 8.55. The van der Waals surface area contributed by atoms with Crippen LogP contribution in [0.4, 0.5) is 0 Å². The van der Waals surface area contributed by atoms with Gasteiger partial charge in [0, 0.05) is 5.56 Å². The Morgan fingerprint density at radius 3 is 2.52 bits per heavy atom. The molecule has 1 amide bonds. The number of benzene rings is 3. The second-order valence-corrected chi connectivity index (χ2v) is 11.2. The zero-order chi connectivity index (χ0) is 28.2. The van der Waals surface area contributed by atoms with Crippen molar-refractivity contribution >= 4 is 62.4 Å². The molecule has 0 fully saturated rings. The Morgan fingerprint density at radius 1 is 1.00 bits per heavy atom. The second-order valence-electron chi connectivity index (χ2n) is 9.07. The Hall–Kier alpha value is -3.64. The van der Waals surface area contributed by atoms with Gasteiger partial charge in [-0.15, -0.1) is 0 Å². The average Bonchev–Trinajstić information content (AvgIpc) is 3.35. The molecule has 0 bridgehead atoms. The number of rotatable bonds is 9. The van der Waals surface area contributed by atoms with Gasteiger partial charge in [0.1, 0.15) is 24.0 Å². The molecular weight excluding hydrogens is 639 g/mol. The van der Waals surface area contributed by atoms with Gasteiger partial charge in [0.25, 0.3) is 5.91 Å². The van der Waals surface area contributed by atoms with E-state index in [2.05, 4.69) is 32.7 Å². The summed E-state index contributed by atoms with van der Waals surface area (Å²) in [5.41, 5.74) is 4.02. The smallest absolute Gasteiger partial charge is 0.283 e. The number of halogens is 1. The fourth-order valence-corrected chi connectivity index (χ4v) is 5.73. The molecule has 0 saturated heterocycles. The summed E-state index contributed by atoms with van der Waals surface area (Å²) in [5.74, 6) is 1.44. The van der Waals surface area contributed by atoms with Crippen LogP contribution in [0.5, 0.6) is 17.2 Å². The molecule has 0 saturated carbocycles. The van der Waals surface area contributed by atoms with Gasteiger partial charge in [-0.3, -0.25) is 10.2 Å². The maximum Gasteiger partial charge on any atom is 0.283 e. The highest BCUT2D eigenvalue weighted by atomic mass is 127. The van der Waals surface area contributed by atoms with E-state index in [1.165, 1.54) is 16.8 Å². The maximum absolute atomic E-state index is 13.0. The number of nitrogens with one attached hydrogen (secondary N) is 1. The summed E-state index contributed by atoms with van der Waals surface area (Å²) in [7, 11) is 0. The van der Waals surface area contributed by atoms with Crippen molar-refractivity contribution in [3.63, 3.8) is 0 Å². The van der Waals surface area contributed by atoms with Crippen molar-refractivity contribution in [2.24, 2.45) is 10.1 Å². The standard InChI is InChI=1S/C30H27IN4O4S/c1-4-37-25-17-20(16-24(31)26(25)39-13-12-38-22-7-5-6-19(3)14-22)15-23-27(32)35-30(33-28(23)36)40-29(34-35)21-10-8-18(2)9-11-21/h5-11,14-17,32H,4,12-13H2,1-3H3/b23-15-,32-27?. The van der Waals surface area contributed by atoms with Crippen LogP contribution in [0.25, 0.3) is 6.08 Å². The number of amides is 1. The molecule has 3 aromatic rings. The van der Waals surface area contributed by atoms with Crippen molar-refractivity contribution in [3.8, 4) is 17.2 Å². The van der Waals surface area contributed by atoms with Crippen LogP contribution in [-0.2, 0) is 4.79 Å². The van der Waals surface area contributed by atoms with Crippen LogP contribution in [-0.4, -0.2) is 46.8 Å². The molecule has 1 N–H and O–H groups in total. The minimum Gasteiger partial charge on any atom is -0.490 e. The van der Waals surface area contributed by atoms with Crippen molar-refractivity contribution in [3.05, 3.63) is 92.1 Å². The number of carbonyl (C=O) groups is 1. The molecule has 2 aliphatic heterocycles. The van der Waals surface area contributed by atoms with Crippen LogP contribution in [0.15, 0.2) is 76.3 Å². The van der Waals surface area contributed by atoms with Gasteiger partial charge < -0.3 is 14.2 Å². The highest BCUT2D eigenvalue weighted by Crippen LogP contribution is 2.36. The second kappa shape index (κ2) is 12.3. The zero-order valence-corrected chi connectivity index (χ0v) is 25.2. The highest BCUT2D eigenvalue weighted by Gasteiger charge is 2.36. The topological polar surface area (TPSA) is 96.6 Å². The zero-order valence-electron chi connectivity index (χ0n) is 22.2. The van der Waals surface area contributed by atoms with Crippen molar-refractivity contribution in [1.82, 2.24) is 5.01 Å². The number of amidine groups is 2. The van der Waals surface area contributed by atoms with Gasteiger partial charge in [0.2, 0.25) is 5.17 Å². The molecule has 0 aromatic heterocycles. The Balaban J connectivity index is 1.34. The quantitative estimate of drug-likeness (QED) is 0.161. The average molecular weight is 667 g/mol. The Bertz CT molecular complexity index is 1570. The van der Waals surface area contributed by atoms with E-state index in [1.807, 2.05) is 75.4 Å². The number of ether oxygens (including phenoxy) is 3. The minimum atomic E-state index is -0.481. The van der Waals surface area contributed by atoms with Gasteiger partial charge in [0.15, 0.2) is 17.3 Å². The molecule has 0 spiro atoms. The molecule has 10 heteroatoms. The van der Waals surface area contributed by atoms with Crippen molar-refractivity contribution in [1.29, 1.82) is 5.41 Å². The van der Waals surface area contributed by atoms with Gasteiger partial charge in [-0.1, -0.05) is 42.0 Å². The first kappa shape index (κ1) is 27.9. The number of aliphatic imine (C=N–C) groups is 1. The van der Waals surface area contributed by atoms with Crippen molar-refractivity contribution in [2.75, 3.05) is 19.8 Å². The monoisotopic (exact) mass is 666 g/mol. The predicted molar refractivity (Wildman–Crippen MR) is 168 cm³/mol. The molecular formula is C30H27IN4O4S. The summed E-state index contributed by atoms with van der Waals surface area (Å²) in [5, 5.41) is 15.8. The number of carbonyl (C=O) groups excluding carboxylic acids is 1. The molecule has 2 heterocycles. The van der Waals surface area contributed by atoms with E-state index in [4.69, 9.17) is 19.6 Å². The molecule has 3 aromatic carbocycles. The third kappa shape index (κ3) is 6.23. The third-order valence-corrected chi connectivity index (χ3v) is 7.74. The van der Waals surface area contributed by atoms with Crippen molar-refractivity contribution < 1.29 is 19.0 Å². The van der Waals surface area contributed by atoms with E-state index in [1.54, 1.807) is 12.1 Å². The lowest BCUT2D eigenvalue weighted by Crippen LogP contribution is -2.35. The number of hydrazone groups is 1. The number of hydrogen-bond donors (Lipinski definition) is 1. The van der Waals surface area contributed by atoms with Crippen LogP contribution in [0, 0.1) is 22.8 Å². The number of nitrogens with zero attached hydrogens (tertiary/aromatic N) is 3. The lowest BCUT2D eigenvalue weighted by atomic mass is 10.1. The van der Waals surface area contributed by atoms with E-state index in [9.17, 15) is 4.79 Å². The van der Waals surface area contributed by atoms with Crippen LogP contribution in [0.2, 0.25) is 0 Å². The van der Waals surface area contributed by atoms with Gasteiger partial charge in [0.05, 0.1) is 15.8 Å². The molecule has 2 aliphatic rings. The summed E-state index contributed by atoms with van der Waals surface area (Å²) < 4.78 is 18.5. The summed E-state index contributed by atoms with van der Waals surface area (Å²) in [4.78, 5) is 17.2. The first-order valence-electron chi connectivity index (χ1n) is 12.7. The van der Waals surface area contributed by atoms with Crippen LogP contribution in [0.1, 0.15) is 29.2 Å². The predicted octanol–water partition coefficient (Wildman–Crippen LogP) is 6.43. The Morgan fingerprint density at radius 2 is 1.77 bits per heavy atom. The van der Waals surface area contributed by atoms with E-state index in [-0.39, 0.29) is 11.4 Å². The molecule has 0 unspecified atom stereocenters. The summed E-state index contributed by atoms with van der Waals surface area (Å²) in [6.45, 7) is 7.08. The molecule has 5 rings (SSSR count). The largest absolute Gasteiger partial charge is 0.490 e. The van der Waals surface area contributed by atoms with Gasteiger partial charge in [-0.25, -0.2) is 0 Å². The van der Waals surface area contributed by atoms with Crippen LogP contribution >= 0.6 is 34.4 Å². The van der Waals surface area contributed by atoms with Gasteiger partial charge >= 0.3 is 0 Å². The molecule has 0 radical (unpaired) electrons. The minimum absolute atomic E-state index is 0.0220. The normalized spacial score (nSPS) is 15.6. The summed E-state index contributed by atoms with van der Waals surface area (Å²) in [6.07, 6.45) is 1.64. The maximum atomic E-state index is 13.0. The number of aryl methyl sites for hydroxylation is 2. The van der Waals surface area contributed by atoms with E-state index in [0.717, 1.165) is 26.0 Å². The first-order valence-corrected chi connectivity index (χ1v) is 14.6. The van der Waals surface area contributed by atoms with Crippen LogP contribution in [0.3, 0.4) is 0 Å². The van der Waals surface area contributed by atoms with Gasteiger partial charge in [-0.05, 0) is 96.6 Å². The number of hydrogen-bond acceptors (Lipinski definition) is 7. The molecule has 40 heavy (non-hydrogen) atoms. The lowest BCUT2D eigenvalue weighted by molar-refractivity contribution is -0.114. The summed E-state index contributed by atoms with van der Waals surface area (Å²) in [6, 6.07) is 19.5.